The first-order valence-corrected chi connectivity index (χ1v) is 8.19. The van der Waals surface area contributed by atoms with Gasteiger partial charge in [0.25, 0.3) is 5.91 Å². The van der Waals surface area contributed by atoms with E-state index in [1.54, 1.807) is 42.5 Å². The highest BCUT2D eigenvalue weighted by Gasteiger charge is 2.09. The van der Waals surface area contributed by atoms with Gasteiger partial charge in [0.15, 0.2) is 0 Å². The van der Waals surface area contributed by atoms with Gasteiger partial charge in [-0.1, -0.05) is 29.3 Å². The zero-order valence-electron chi connectivity index (χ0n) is 11.6. The third-order valence-corrected chi connectivity index (χ3v) is 4.36. The molecule has 3 rings (SSSR count). The molecule has 2 aromatic heterocycles. The molecule has 0 radical (unpaired) electrons. The molecule has 0 aliphatic heterocycles. The summed E-state index contributed by atoms with van der Waals surface area (Å²) in [6, 6.07) is 12.2. The van der Waals surface area contributed by atoms with Crippen LogP contribution in [0.1, 0.15) is 15.4 Å². The first-order valence-electron chi connectivity index (χ1n) is 6.55. The number of rotatable bonds is 4. The zero-order valence-corrected chi connectivity index (χ0v) is 14.0. The lowest BCUT2D eigenvalue weighted by Gasteiger charge is -2.01. The van der Waals surface area contributed by atoms with Crippen LogP contribution in [0, 0.1) is 0 Å². The normalized spacial score (nSPS) is 11.0. The van der Waals surface area contributed by atoms with Crippen LogP contribution in [-0.2, 0) is 0 Å². The molecule has 116 valence electrons. The van der Waals surface area contributed by atoms with E-state index < -0.39 is 0 Å². The molecule has 0 bridgehead atoms. The second kappa shape index (κ2) is 7.00. The minimum absolute atomic E-state index is 0.263. The van der Waals surface area contributed by atoms with Crippen LogP contribution >= 0.6 is 34.5 Å². The van der Waals surface area contributed by atoms with Crippen molar-refractivity contribution < 1.29 is 9.21 Å². The standard InChI is InChI=1S/C16H10Cl2N2O2S/c17-10-3-5-13(18)12(8-10)14-6-4-11(22-14)9-19-20-16(21)15-2-1-7-23-15/h1-9H,(H,20,21)/b19-9+. The fraction of sp³-hybridized carbons (Fsp3) is 0. The average Bonchev–Trinajstić information content (AvgIpc) is 3.21. The number of carbonyl (C=O) groups is 1. The Balaban J connectivity index is 1.71. The maximum atomic E-state index is 11.7. The summed E-state index contributed by atoms with van der Waals surface area (Å²) >= 11 is 13.4. The number of hydrogen-bond acceptors (Lipinski definition) is 4. The molecule has 23 heavy (non-hydrogen) atoms. The van der Waals surface area contributed by atoms with E-state index in [2.05, 4.69) is 10.5 Å². The van der Waals surface area contributed by atoms with Crippen molar-refractivity contribution in [1.29, 1.82) is 0 Å². The molecular formula is C16H10Cl2N2O2S. The molecule has 2 heterocycles. The lowest BCUT2D eigenvalue weighted by molar-refractivity contribution is 0.0959. The molecule has 1 amide bonds. The molecule has 0 spiro atoms. The average molecular weight is 365 g/mol. The molecule has 0 aliphatic carbocycles. The van der Waals surface area contributed by atoms with E-state index in [1.165, 1.54) is 17.6 Å². The van der Waals surface area contributed by atoms with Gasteiger partial charge in [0.05, 0.1) is 16.1 Å². The first kappa shape index (κ1) is 15.8. The second-order valence-electron chi connectivity index (χ2n) is 4.50. The molecule has 0 saturated carbocycles. The number of furan rings is 1. The second-order valence-corrected chi connectivity index (χ2v) is 6.29. The monoisotopic (exact) mass is 364 g/mol. The molecule has 4 nitrogen and oxygen atoms in total. The van der Waals surface area contributed by atoms with Crippen LogP contribution in [0.15, 0.2) is 57.4 Å². The highest BCUT2D eigenvalue weighted by atomic mass is 35.5. The van der Waals surface area contributed by atoms with Gasteiger partial charge in [0.1, 0.15) is 11.5 Å². The van der Waals surface area contributed by atoms with Crippen LogP contribution in [-0.4, -0.2) is 12.1 Å². The molecule has 0 aliphatic rings. The number of thiophene rings is 1. The van der Waals surface area contributed by atoms with Gasteiger partial charge >= 0.3 is 0 Å². The van der Waals surface area contributed by atoms with Gasteiger partial charge in [-0.05, 0) is 41.8 Å². The molecule has 0 atom stereocenters. The van der Waals surface area contributed by atoms with Gasteiger partial charge in [-0.25, -0.2) is 5.43 Å². The third kappa shape index (κ3) is 3.82. The van der Waals surface area contributed by atoms with Crippen molar-refractivity contribution in [2.24, 2.45) is 5.10 Å². The summed E-state index contributed by atoms with van der Waals surface area (Å²) in [6.45, 7) is 0. The quantitative estimate of drug-likeness (QED) is 0.518. The molecule has 3 aromatic rings. The summed E-state index contributed by atoms with van der Waals surface area (Å²) in [6.07, 6.45) is 1.42. The zero-order chi connectivity index (χ0) is 16.2. The summed E-state index contributed by atoms with van der Waals surface area (Å²) in [5, 5.41) is 6.81. The van der Waals surface area contributed by atoms with Gasteiger partial charge in [0.2, 0.25) is 0 Å². The van der Waals surface area contributed by atoms with E-state index in [0.717, 1.165) is 0 Å². The summed E-state index contributed by atoms with van der Waals surface area (Å²) < 4.78 is 5.64. The van der Waals surface area contributed by atoms with Crippen molar-refractivity contribution in [3.8, 4) is 11.3 Å². The van der Waals surface area contributed by atoms with Crippen LogP contribution in [0.2, 0.25) is 10.0 Å². The first-order chi connectivity index (χ1) is 11.1. The van der Waals surface area contributed by atoms with Gasteiger partial charge in [-0.3, -0.25) is 4.79 Å². The number of benzene rings is 1. The molecule has 0 fully saturated rings. The van der Waals surface area contributed by atoms with E-state index in [1.807, 2.05) is 5.38 Å². The summed E-state index contributed by atoms with van der Waals surface area (Å²) in [7, 11) is 0. The molecule has 1 aromatic carbocycles. The number of halogens is 2. The van der Waals surface area contributed by atoms with E-state index in [9.17, 15) is 4.79 Å². The largest absolute Gasteiger partial charge is 0.455 e. The van der Waals surface area contributed by atoms with E-state index in [4.69, 9.17) is 27.6 Å². The molecule has 7 heteroatoms. The van der Waals surface area contributed by atoms with Crippen LogP contribution in [0.4, 0.5) is 0 Å². The minimum atomic E-state index is -0.263. The smallest absolute Gasteiger partial charge is 0.281 e. The van der Waals surface area contributed by atoms with Gasteiger partial charge in [0, 0.05) is 10.6 Å². The van der Waals surface area contributed by atoms with Crippen molar-refractivity contribution in [2.75, 3.05) is 0 Å². The number of amides is 1. The molecule has 1 N–H and O–H groups in total. The Labute approximate surface area is 146 Å². The van der Waals surface area contributed by atoms with Crippen molar-refractivity contribution in [3.63, 3.8) is 0 Å². The lowest BCUT2D eigenvalue weighted by atomic mass is 10.2. The Morgan fingerprint density at radius 1 is 1.22 bits per heavy atom. The van der Waals surface area contributed by atoms with Gasteiger partial charge < -0.3 is 4.42 Å². The molecule has 0 unspecified atom stereocenters. The predicted molar refractivity (Wildman–Crippen MR) is 93.5 cm³/mol. The minimum Gasteiger partial charge on any atom is -0.455 e. The molecular weight excluding hydrogens is 355 g/mol. The Kier molecular flexibility index (Phi) is 4.81. The van der Waals surface area contributed by atoms with Gasteiger partial charge in [-0.15, -0.1) is 11.3 Å². The number of carbonyl (C=O) groups excluding carboxylic acids is 1. The third-order valence-electron chi connectivity index (χ3n) is 2.92. The Morgan fingerprint density at radius 3 is 2.87 bits per heavy atom. The summed E-state index contributed by atoms with van der Waals surface area (Å²) in [5.41, 5.74) is 3.13. The number of nitrogens with one attached hydrogen (secondary N) is 1. The van der Waals surface area contributed by atoms with Crippen LogP contribution < -0.4 is 5.43 Å². The summed E-state index contributed by atoms with van der Waals surface area (Å²) in [4.78, 5) is 12.3. The van der Waals surface area contributed by atoms with Crippen molar-refractivity contribution >= 4 is 46.7 Å². The fourth-order valence-corrected chi connectivity index (χ4v) is 2.87. The van der Waals surface area contributed by atoms with E-state index in [0.29, 0.717) is 32.0 Å². The number of hydrazone groups is 1. The highest BCUT2D eigenvalue weighted by molar-refractivity contribution is 7.12. The Hall–Kier alpha value is -2.08. The fourth-order valence-electron chi connectivity index (χ4n) is 1.87. The number of hydrogen-bond donors (Lipinski definition) is 1. The van der Waals surface area contributed by atoms with Gasteiger partial charge in [-0.2, -0.15) is 5.10 Å². The van der Waals surface area contributed by atoms with Crippen molar-refractivity contribution in [3.05, 3.63) is 68.5 Å². The van der Waals surface area contributed by atoms with Crippen LogP contribution in [0.25, 0.3) is 11.3 Å². The maximum absolute atomic E-state index is 11.7. The van der Waals surface area contributed by atoms with Crippen molar-refractivity contribution in [2.45, 2.75) is 0 Å². The summed E-state index contributed by atoms with van der Waals surface area (Å²) in [5.74, 6) is 0.798. The van der Waals surface area contributed by atoms with Crippen LogP contribution in [0.3, 0.4) is 0 Å². The van der Waals surface area contributed by atoms with Crippen LogP contribution in [0.5, 0.6) is 0 Å². The van der Waals surface area contributed by atoms with E-state index in [-0.39, 0.29) is 5.91 Å². The van der Waals surface area contributed by atoms with Crippen molar-refractivity contribution in [1.82, 2.24) is 5.43 Å². The SMILES string of the molecule is O=C(N/N=C/c1ccc(-c2cc(Cl)ccc2Cl)o1)c1cccs1. The van der Waals surface area contributed by atoms with E-state index >= 15 is 0 Å². The maximum Gasteiger partial charge on any atom is 0.281 e. The lowest BCUT2D eigenvalue weighted by Crippen LogP contribution is -2.15. The topological polar surface area (TPSA) is 54.6 Å². The Morgan fingerprint density at radius 2 is 2.09 bits per heavy atom. The Bertz CT molecular complexity index is 857. The number of nitrogens with zero attached hydrogens (tertiary/aromatic N) is 1. The highest BCUT2D eigenvalue weighted by Crippen LogP contribution is 2.31. The predicted octanol–water partition coefficient (Wildman–Crippen LogP) is 5.08. The molecule has 0 saturated heterocycles.